The summed E-state index contributed by atoms with van der Waals surface area (Å²) in [6.07, 6.45) is 1.81. The predicted octanol–water partition coefficient (Wildman–Crippen LogP) is -0.448. The minimum Gasteiger partial charge on any atom is -0.469 e. The zero-order valence-electron chi connectivity index (χ0n) is 4.31. The Morgan fingerprint density at radius 3 is 2.50 bits per heavy atom. The molecule has 0 aliphatic heterocycles. The fraction of sp³-hybridized carbons (Fsp3) is 0.400. The van der Waals surface area contributed by atoms with Crippen LogP contribution in [0.2, 0.25) is 0 Å². The van der Waals surface area contributed by atoms with E-state index < -0.39 is 0 Å². The van der Waals surface area contributed by atoms with E-state index in [4.69, 9.17) is 0 Å². The summed E-state index contributed by atoms with van der Waals surface area (Å²) in [6, 6.07) is 0. The maximum Gasteiger partial charge on any atom is 0.309 e. The second kappa shape index (κ2) is 6.27. The predicted molar refractivity (Wildman–Crippen MR) is 36.8 cm³/mol. The second-order valence-corrected chi connectivity index (χ2v) is 1.07. The van der Waals surface area contributed by atoms with Crippen molar-refractivity contribution in [2.24, 2.45) is 0 Å². The highest BCUT2D eigenvalue weighted by atomic mass is 16.5. The summed E-state index contributed by atoms with van der Waals surface area (Å²) in [5, 5.41) is 0. The van der Waals surface area contributed by atoms with Gasteiger partial charge in [0.1, 0.15) is 0 Å². The van der Waals surface area contributed by atoms with Crippen molar-refractivity contribution < 1.29 is 9.53 Å². The Morgan fingerprint density at radius 1 is 1.88 bits per heavy atom. The fourth-order valence-corrected chi connectivity index (χ4v) is 0.201. The first kappa shape index (κ1) is 10.3. The van der Waals surface area contributed by atoms with E-state index in [2.05, 4.69) is 11.3 Å². The average Bonchev–Trinajstić information content (AvgIpc) is 1.68. The van der Waals surface area contributed by atoms with Crippen LogP contribution in [-0.4, -0.2) is 21.5 Å². The van der Waals surface area contributed by atoms with E-state index in [1.807, 2.05) is 0 Å². The van der Waals surface area contributed by atoms with Gasteiger partial charge < -0.3 is 4.74 Å². The topological polar surface area (TPSA) is 26.3 Å². The summed E-state index contributed by atoms with van der Waals surface area (Å²) in [7, 11) is 1.35. The zero-order chi connectivity index (χ0) is 5.70. The lowest BCUT2D eigenvalue weighted by Gasteiger charge is -1.88. The summed E-state index contributed by atoms with van der Waals surface area (Å²) in [5.74, 6) is -0.241. The first-order valence-corrected chi connectivity index (χ1v) is 1.99. The molecule has 0 aromatic rings. The second-order valence-electron chi connectivity index (χ2n) is 1.07. The van der Waals surface area contributed by atoms with Crippen molar-refractivity contribution in [3.63, 3.8) is 0 Å². The number of rotatable bonds is 2. The summed E-state index contributed by atoms with van der Waals surface area (Å²) in [6.45, 7) is 3.35. The van der Waals surface area contributed by atoms with Crippen molar-refractivity contribution in [3.05, 3.63) is 12.7 Å². The van der Waals surface area contributed by atoms with E-state index in [1.54, 1.807) is 0 Å². The molecule has 0 aliphatic rings. The first-order chi connectivity index (χ1) is 3.31. The lowest BCUT2D eigenvalue weighted by molar-refractivity contribution is -0.139. The lowest BCUT2D eigenvalue weighted by Crippen LogP contribution is -1.95. The summed E-state index contributed by atoms with van der Waals surface area (Å²) in [4.78, 5) is 10.1. The molecule has 0 atom stereocenters. The van der Waals surface area contributed by atoms with Gasteiger partial charge in [-0.25, -0.2) is 0 Å². The molecule has 0 amide bonds. The Morgan fingerprint density at radius 2 is 2.38 bits per heavy atom. The third-order valence-electron chi connectivity index (χ3n) is 0.539. The minimum absolute atomic E-state index is 0. The molecule has 0 rings (SSSR count). The van der Waals surface area contributed by atoms with E-state index in [-0.39, 0.29) is 14.4 Å². The Balaban J connectivity index is 0. The van der Waals surface area contributed by atoms with Crippen LogP contribution in [0, 0.1) is 0 Å². The van der Waals surface area contributed by atoms with E-state index in [0.717, 1.165) is 0 Å². The summed E-state index contributed by atoms with van der Waals surface area (Å²) >= 11 is 0. The molecule has 0 fully saturated rings. The van der Waals surface area contributed by atoms with Gasteiger partial charge in [-0.15, -0.1) is 6.58 Å². The molecule has 0 aliphatic carbocycles. The van der Waals surface area contributed by atoms with Gasteiger partial charge in [0.2, 0.25) is 0 Å². The van der Waals surface area contributed by atoms with Crippen molar-refractivity contribution >= 4 is 14.4 Å². The average molecular weight is 114 g/mol. The molecule has 0 aromatic heterocycles. The van der Waals surface area contributed by atoms with Crippen LogP contribution in [0.1, 0.15) is 6.42 Å². The molecule has 0 spiro atoms. The number of methoxy groups -OCH3 is 1. The largest absolute Gasteiger partial charge is 0.469 e. The molecule has 2 nitrogen and oxygen atoms in total. The Kier molecular flexibility index (Phi) is 8.07. The molecule has 8 heavy (non-hydrogen) atoms. The van der Waals surface area contributed by atoms with Crippen LogP contribution in [0.5, 0.6) is 0 Å². The van der Waals surface area contributed by atoms with Gasteiger partial charge in [0.05, 0.1) is 21.9 Å². The van der Waals surface area contributed by atoms with Crippen LogP contribution in [0.15, 0.2) is 12.7 Å². The Labute approximate surface area is 51.1 Å². The molecule has 0 heterocycles. The van der Waals surface area contributed by atoms with Gasteiger partial charge in [-0.05, 0) is 0 Å². The van der Waals surface area contributed by atoms with Crippen molar-refractivity contribution in [2.75, 3.05) is 7.11 Å². The maximum absolute atomic E-state index is 10.1. The SMILES string of the molecule is B.C=CCC(=O)OC. The smallest absolute Gasteiger partial charge is 0.309 e. The number of carbonyl (C=O) groups is 1. The number of hydrogen-bond donors (Lipinski definition) is 0. The molecule has 0 N–H and O–H groups in total. The molecule has 0 bridgehead atoms. The van der Waals surface area contributed by atoms with Crippen LogP contribution >= 0.6 is 0 Å². The Bertz CT molecular complexity index is 80.5. The van der Waals surface area contributed by atoms with Crippen molar-refractivity contribution in [1.82, 2.24) is 0 Å². The molecular formula is C5H11BO2. The fourth-order valence-electron chi connectivity index (χ4n) is 0.201. The third kappa shape index (κ3) is 5.27. The number of carbonyl (C=O) groups excluding carboxylic acids is 1. The van der Waals surface area contributed by atoms with Gasteiger partial charge in [-0.2, -0.15) is 0 Å². The summed E-state index contributed by atoms with van der Waals surface area (Å²) < 4.78 is 4.28. The summed E-state index contributed by atoms with van der Waals surface area (Å²) in [5.41, 5.74) is 0. The van der Waals surface area contributed by atoms with Crippen molar-refractivity contribution in [2.45, 2.75) is 6.42 Å². The van der Waals surface area contributed by atoms with E-state index in [0.29, 0.717) is 6.42 Å². The molecule has 46 valence electrons. The molecule has 0 unspecified atom stereocenters. The number of esters is 1. The van der Waals surface area contributed by atoms with Gasteiger partial charge in [0.25, 0.3) is 0 Å². The first-order valence-electron chi connectivity index (χ1n) is 1.99. The van der Waals surface area contributed by atoms with Gasteiger partial charge >= 0.3 is 5.97 Å². The normalized spacial score (nSPS) is 6.62. The molecule has 0 saturated carbocycles. The van der Waals surface area contributed by atoms with Gasteiger partial charge in [0, 0.05) is 0 Å². The molecule has 0 radical (unpaired) electrons. The highest BCUT2D eigenvalue weighted by molar-refractivity contribution is 5.75. The van der Waals surface area contributed by atoms with Crippen LogP contribution in [0.3, 0.4) is 0 Å². The quantitative estimate of drug-likeness (QED) is 0.276. The van der Waals surface area contributed by atoms with Crippen LogP contribution < -0.4 is 0 Å². The highest BCUT2D eigenvalue weighted by Crippen LogP contribution is 1.80. The molecule has 3 heteroatoms. The minimum atomic E-state index is -0.241. The standard InChI is InChI=1S/C5H8O2.BH3/c1-3-4-5(6)7-2;/h3H,1,4H2,2H3;1H3. The molecule has 0 aromatic carbocycles. The molecular weight excluding hydrogens is 103 g/mol. The van der Waals surface area contributed by atoms with Crippen LogP contribution in [-0.2, 0) is 9.53 Å². The lowest BCUT2D eigenvalue weighted by atomic mass is 10.4. The number of hydrogen-bond acceptors (Lipinski definition) is 2. The van der Waals surface area contributed by atoms with Crippen molar-refractivity contribution in [3.8, 4) is 0 Å². The monoisotopic (exact) mass is 114 g/mol. The molecule has 0 saturated heterocycles. The highest BCUT2D eigenvalue weighted by Gasteiger charge is 1.90. The van der Waals surface area contributed by atoms with Crippen molar-refractivity contribution in [1.29, 1.82) is 0 Å². The Hall–Kier alpha value is -0.725. The maximum atomic E-state index is 10.1. The zero-order valence-corrected chi connectivity index (χ0v) is 4.31. The van der Waals surface area contributed by atoms with Crippen LogP contribution in [0.25, 0.3) is 0 Å². The third-order valence-corrected chi connectivity index (χ3v) is 0.539. The van der Waals surface area contributed by atoms with Gasteiger partial charge in [-0.3, -0.25) is 4.79 Å². The van der Waals surface area contributed by atoms with Gasteiger partial charge in [-0.1, -0.05) is 6.08 Å². The van der Waals surface area contributed by atoms with E-state index in [9.17, 15) is 4.79 Å². The number of ether oxygens (including phenoxy) is 1. The van der Waals surface area contributed by atoms with E-state index in [1.165, 1.54) is 13.2 Å². The van der Waals surface area contributed by atoms with Gasteiger partial charge in [0.15, 0.2) is 0 Å². The van der Waals surface area contributed by atoms with E-state index >= 15 is 0 Å². The van der Waals surface area contributed by atoms with Crippen LogP contribution in [0.4, 0.5) is 0 Å².